The minimum atomic E-state index is -1.46. The van der Waals surface area contributed by atoms with Crippen molar-refractivity contribution in [2.75, 3.05) is 19.7 Å². The molecule has 158 valence electrons. The van der Waals surface area contributed by atoms with Gasteiger partial charge < -0.3 is 31.1 Å². The van der Waals surface area contributed by atoms with Crippen molar-refractivity contribution in [3.05, 3.63) is 10.8 Å². The molecule has 28 heavy (non-hydrogen) atoms. The van der Waals surface area contributed by atoms with E-state index < -0.39 is 18.2 Å². The zero-order chi connectivity index (χ0) is 20.6. The molecule has 3 aliphatic rings. The number of aliphatic hydroxyl groups excluding tert-OH is 2. The number of hydrogen-bond acceptors (Lipinski definition) is 8. The number of rotatable bonds is 8. The van der Waals surface area contributed by atoms with Gasteiger partial charge in [-0.1, -0.05) is 6.92 Å². The van der Waals surface area contributed by atoms with E-state index in [0.29, 0.717) is 13.0 Å². The van der Waals surface area contributed by atoms with Crippen LogP contribution in [0.2, 0.25) is 0 Å². The van der Waals surface area contributed by atoms with E-state index >= 15 is 0 Å². The Hall–Kier alpha value is -1.33. The van der Waals surface area contributed by atoms with Gasteiger partial charge in [0.25, 0.3) is 0 Å². The Morgan fingerprint density at radius 1 is 1.50 bits per heavy atom. The summed E-state index contributed by atoms with van der Waals surface area (Å²) >= 11 is 1.54. The lowest BCUT2D eigenvalue weighted by Gasteiger charge is -2.45. The van der Waals surface area contributed by atoms with Crippen LogP contribution in [0.25, 0.3) is 0 Å². The molecule has 9 nitrogen and oxygen atoms in total. The van der Waals surface area contributed by atoms with Crippen LogP contribution in [0.3, 0.4) is 0 Å². The number of nitrogens with zero attached hydrogens (tertiary/aromatic N) is 1. The van der Waals surface area contributed by atoms with Crippen LogP contribution in [0.4, 0.5) is 4.79 Å². The molecule has 0 saturated carbocycles. The Morgan fingerprint density at radius 3 is 2.79 bits per heavy atom. The molecule has 3 heterocycles. The first-order valence-electron chi connectivity index (χ1n) is 9.67. The minimum absolute atomic E-state index is 0.0890. The van der Waals surface area contributed by atoms with Gasteiger partial charge in [0.15, 0.2) is 0 Å². The standard InChI is InChI=1S/C18H29N3O6S/c1-8-14-13(9(2)23)16(24)21(14)17(27-18(25)26)15(8)28-11-5-12(20-7-11)10(6-19)3-4-22/h8-14,20,22-23H,3-7,19H2,1-2H3,(H,25,26)/t8-,9-,10?,11+,12+,13-,14+/m1/s1. The summed E-state index contributed by atoms with van der Waals surface area (Å²) in [6.07, 6.45) is -0.782. The van der Waals surface area contributed by atoms with Crippen LogP contribution in [0, 0.1) is 17.8 Å². The summed E-state index contributed by atoms with van der Waals surface area (Å²) in [6, 6.07) is -0.0830. The maximum absolute atomic E-state index is 12.5. The van der Waals surface area contributed by atoms with Crippen LogP contribution in [0.5, 0.6) is 0 Å². The van der Waals surface area contributed by atoms with Crippen LogP contribution in [-0.2, 0) is 9.53 Å². The zero-order valence-corrected chi connectivity index (χ0v) is 16.9. The van der Waals surface area contributed by atoms with Crippen molar-refractivity contribution in [1.82, 2.24) is 10.2 Å². The normalized spacial score (nSPS) is 34.2. The Balaban J connectivity index is 1.75. The summed E-state index contributed by atoms with van der Waals surface area (Å²) in [5.74, 6) is -0.681. The second-order valence-electron chi connectivity index (χ2n) is 7.79. The molecule has 0 aromatic carbocycles. The summed E-state index contributed by atoms with van der Waals surface area (Å²) < 4.78 is 5.00. The molecule has 2 fully saturated rings. The number of carboxylic acid groups (broad SMARTS) is 1. The van der Waals surface area contributed by atoms with Gasteiger partial charge in [0.05, 0.1) is 23.0 Å². The van der Waals surface area contributed by atoms with E-state index in [9.17, 15) is 19.8 Å². The zero-order valence-electron chi connectivity index (χ0n) is 16.1. The summed E-state index contributed by atoms with van der Waals surface area (Å²) in [6.45, 7) is 4.83. The number of aliphatic hydroxyl groups is 2. The molecular formula is C18H29N3O6S. The SMILES string of the molecule is C[C@@H](O)[C@H]1C(=O)N2C(OC(=O)O)=C(S[C@@H]3CN[C@H](C(CN)CCO)C3)[C@H](C)[C@@H]12. The highest BCUT2D eigenvalue weighted by Crippen LogP contribution is 2.52. The van der Waals surface area contributed by atoms with Crippen LogP contribution in [0.15, 0.2) is 10.8 Å². The molecule has 0 radical (unpaired) electrons. The molecule has 2 saturated heterocycles. The van der Waals surface area contributed by atoms with E-state index in [0.717, 1.165) is 17.9 Å². The summed E-state index contributed by atoms with van der Waals surface area (Å²) in [4.78, 5) is 25.8. The number of ether oxygens (including phenoxy) is 1. The quantitative estimate of drug-likeness (QED) is 0.276. The molecule has 10 heteroatoms. The molecule has 0 bridgehead atoms. The van der Waals surface area contributed by atoms with E-state index in [1.54, 1.807) is 6.92 Å². The van der Waals surface area contributed by atoms with E-state index in [2.05, 4.69) is 5.32 Å². The van der Waals surface area contributed by atoms with E-state index in [1.807, 2.05) is 6.92 Å². The van der Waals surface area contributed by atoms with Gasteiger partial charge in [-0.05, 0) is 32.2 Å². The van der Waals surface area contributed by atoms with Gasteiger partial charge >= 0.3 is 6.16 Å². The average molecular weight is 416 g/mol. The predicted molar refractivity (Wildman–Crippen MR) is 103 cm³/mol. The molecule has 1 amide bonds. The molecule has 6 N–H and O–H groups in total. The van der Waals surface area contributed by atoms with Gasteiger partial charge in [0, 0.05) is 30.4 Å². The lowest BCUT2D eigenvalue weighted by molar-refractivity contribution is -0.163. The fourth-order valence-electron chi connectivity index (χ4n) is 4.61. The molecule has 0 spiro atoms. The topological polar surface area (TPSA) is 145 Å². The lowest BCUT2D eigenvalue weighted by Crippen LogP contribution is -2.63. The number of thioether (sulfide) groups is 1. The summed E-state index contributed by atoms with van der Waals surface area (Å²) in [5.41, 5.74) is 5.83. The number of nitrogens with two attached hydrogens (primary N) is 1. The smallest absolute Gasteiger partial charge is 0.449 e. The molecule has 0 aromatic heterocycles. The first-order chi connectivity index (χ1) is 13.3. The van der Waals surface area contributed by atoms with Crippen molar-refractivity contribution in [2.45, 2.75) is 50.1 Å². The van der Waals surface area contributed by atoms with Crippen molar-refractivity contribution < 1.29 is 29.6 Å². The van der Waals surface area contributed by atoms with Crippen molar-refractivity contribution in [3.63, 3.8) is 0 Å². The monoisotopic (exact) mass is 415 g/mol. The first kappa shape index (κ1) is 21.4. The fraction of sp³-hybridized carbons (Fsp3) is 0.778. The van der Waals surface area contributed by atoms with Crippen LogP contribution >= 0.6 is 11.8 Å². The molecule has 3 rings (SSSR count). The van der Waals surface area contributed by atoms with Crippen molar-refractivity contribution in [2.24, 2.45) is 23.5 Å². The third kappa shape index (κ3) is 3.76. The first-order valence-corrected chi connectivity index (χ1v) is 10.5. The predicted octanol–water partition coefficient (Wildman–Crippen LogP) is 0.129. The van der Waals surface area contributed by atoms with Crippen LogP contribution < -0.4 is 11.1 Å². The molecule has 1 unspecified atom stereocenters. The van der Waals surface area contributed by atoms with Crippen molar-refractivity contribution in [1.29, 1.82) is 0 Å². The number of fused-ring (bicyclic) bond motifs is 1. The molecule has 3 aliphatic heterocycles. The number of β-lactam (4-membered cyclic amide) rings is 1. The Morgan fingerprint density at radius 2 is 2.21 bits per heavy atom. The van der Waals surface area contributed by atoms with Crippen molar-refractivity contribution >= 4 is 23.8 Å². The van der Waals surface area contributed by atoms with E-state index in [4.69, 9.17) is 15.6 Å². The highest BCUT2D eigenvalue weighted by molar-refractivity contribution is 8.03. The van der Waals surface area contributed by atoms with Gasteiger partial charge in [-0.2, -0.15) is 0 Å². The molecule has 0 aliphatic carbocycles. The largest absolute Gasteiger partial charge is 0.512 e. The van der Waals surface area contributed by atoms with Gasteiger partial charge in [-0.3, -0.25) is 9.69 Å². The number of amides is 1. The summed E-state index contributed by atoms with van der Waals surface area (Å²) in [7, 11) is 0. The van der Waals surface area contributed by atoms with E-state index in [-0.39, 0.29) is 47.6 Å². The summed E-state index contributed by atoms with van der Waals surface area (Å²) in [5, 5.41) is 31.9. The maximum Gasteiger partial charge on any atom is 0.512 e. The lowest BCUT2D eigenvalue weighted by atomic mass is 9.79. The number of carbonyl (C=O) groups is 2. The average Bonchev–Trinajstić information content (AvgIpc) is 3.16. The van der Waals surface area contributed by atoms with Gasteiger partial charge in [0.1, 0.15) is 0 Å². The Bertz CT molecular complexity index is 657. The van der Waals surface area contributed by atoms with Crippen LogP contribution in [0.1, 0.15) is 26.7 Å². The van der Waals surface area contributed by atoms with Gasteiger partial charge in [0.2, 0.25) is 11.8 Å². The molecular weight excluding hydrogens is 386 g/mol. The Labute approximate surface area is 168 Å². The highest BCUT2D eigenvalue weighted by Gasteiger charge is 2.60. The highest BCUT2D eigenvalue weighted by atomic mass is 32.2. The third-order valence-electron chi connectivity index (χ3n) is 6.04. The number of nitrogens with one attached hydrogen (secondary N) is 1. The maximum atomic E-state index is 12.5. The Kier molecular flexibility index (Phi) is 6.55. The molecule has 7 atom stereocenters. The second-order valence-corrected chi connectivity index (χ2v) is 9.13. The number of hydrogen-bond donors (Lipinski definition) is 5. The molecule has 0 aromatic rings. The fourth-order valence-corrected chi connectivity index (χ4v) is 6.05. The minimum Gasteiger partial charge on any atom is -0.449 e. The van der Waals surface area contributed by atoms with Crippen LogP contribution in [-0.4, -0.2) is 75.4 Å². The number of carbonyl (C=O) groups excluding carboxylic acids is 1. The third-order valence-corrected chi connectivity index (χ3v) is 7.53. The van der Waals surface area contributed by atoms with E-state index in [1.165, 1.54) is 16.7 Å². The van der Waals surface area contributed by atoms with Crippen molar-refractivity contribution in [3.8, 4) is 0 Å². The second kappa shape index (κ2) is 8.58. The van der Waals surface area contributed by atoms with Gasteiger partial charge in [-0.25, -0.2) is 4.79 Å². The van der Waals surface area contributed by atoms with Gasteiger partial charge in [-0.15, -0.1) is 11.8 Å².